The summed E-state index contributed by atoms with van der Waals surface area (Å²) in [5.41, 5.74) is 1.19. The standard InChI is InChI=1S/C16H15N5OS/c22-15-4-12-7-17-2-1-11(12)3-13(15)14-8-19-16(21-20-14)23-9-10-5-18-6-10/h1-4,7-8,10,18,22H,5-6,9H2. The Kier molecular flexibility index (Phi) is 3.80. The molecule has 0 radical (unpaired) electrons. The van der Waals surface area contributed by atoms with Gasteiger partial charge in [0.1, 0.15) is 11.4 Å². The summed E-state index contributed by atoms with van der Waals surface area (Å²) < 4.78 is 0. The van der Waals surface area contributed by atoms with Gasteiger partial charge in [-0.1, -0.05) is 11.8 Å². The van der Waals surface area contributed by atoms with Crippen LogP contribution in [-0.2, 0) is 0 Å². The van der Waals surface area contributed by atoms with Gasteiger partial charge in [0.15, 0.2) is 0 Å². The van der Waals surface area contributed by atoms with Gasteiger partial charge in [0.2, 0.25) is 5.16 Å². The molecule has 1 aliphatic heterocycles. The Labute approximate surface area is 137 Å². The Balaban J connectivity index is 1.58. The first-order chi connectivity index (χ1) is 11.3. The van der Waals surface area contributed by atoms with Crippen molar-refractivity contribution in [2.45, 2.75) is 5.16 Å². The molecule has 0 bridgehead atoms. The first-order valence-electron chi connectivity index (χ1n) is 7.40. The zero-order valence-electron chi connectivity index (χ0n) is 12.3. The van der Waals surface area contributed by atoms with Gasteiger partial charge in [-0.05, 0) is 42.6 Å². The lowest BCUT2D eigenvalue weighted by atomic mass is 10.1. The van der Waals surface area contributed by atoms with Gasteiger partial charge in [-0.2, -0.15) is 0 Å². The number of aromatic nitrogens is 4. The lowest BCUT2D eigenvalue weighted by Gasteiger charge is -2.25. The van der Waals surface area contributed by atoms with E-state index in [-0.39, 0.29) is 5.75 Å². The zero-order chi connectivity index (χ0) is 15.6. The average molecular weight is 325 g/mol. The topological polar surface area (TPSA) is 83.8 Å². The van der Waals surface area contributed by atoms with Crippen LogP contribution in [0.5, 0.6) is 5.75 Å². The molecule has 7 heteroatoms. The third kappa shape index (κ3) is 2.97. The van der Waals surface area contributed by atoms with Gasteiger partial charge in [0.25, 0.3) is 0 Å². The molecule has 0 amide bonds. The van der Waals surface area contributed by atoms with Crippen molar-refractivity contribution in [1.29, 1.82) is 0 Å². The molecule has 2 aromatic heterocycles. The highest BCUT2D eigenvalue weighted by Gasteiger charge is 2.17. The van der Waals surface area contributed by atoms with Crippen molar-refractivity contribution in [2.24, 2.45) is 5.92 Å². The summed E-state index contributed by atoms with van der Waals surface area (Å²) in [4.78, 5) is 8.41. The quantitative estimate of drug-likeness (QED) is 0.711. The fourth-order valence-corrected chi connectivity index (χ4v) is 3.29. The van der Waals surface area contributed by atoms with E-state index in [4.69, 9.17) is 0 Å². The number of rotatable bonds is 4. The highest BCUT2D eigenvalue weighted by Crippen LogP contribution is 2.31. The molecule has 4 rings (SSSR count). The molecule has 0 unspecified atom stereocenters. The fraction of sp³-hybridized carbons (Fsp3) is 0.250. The molecule has 116 valence electrons. The van der Waals surface area contributed by atoms with Crippen LogP contribution in [-0.4, -0.2) is 44.1 Å². The number of benzene rings is 1. The minimum Gasteiger partial charge on any atom is -0.507 e. The van der Waals surface area contributed by atoms with E-state index in [0.717, 1.165) is 29.6 Å². The minimum absolute atomic E-state index is 0.155. The van der Waals surface area contributed by atoms with Gasteiger partial charge in [0.05, 0.1) is 6.20 Å². The molecule has 23 heavy (non-hydrogen) atoms. The maximum atomic E-state index is 10.2. The molecule has 1 aromatic carbocycles. The molecular formula is C16H15N5OS. The summed E-state index contributed by atoms with van der Waals surface area (Å²) >= 11 is 1.62. The maximum absolute atomic E-state index is 10.2. The van der Waals surface area contributed by atoms with Crippen LogP contribution in [0.4, 0.5) is 0 Å². The van der Waals surface area contributed by atoms with E-state index in [2.05, 4.69) is 25.5 Å². The second-order valence-electron chi connectivity index (χ2n) is 5.55. The number of hydrogen-bond donors (Lipinski definition) is 2. The maximum Gasteiger partial charge on any atom is 0.209 e. The van der Waals surface area contributed by atoms with Crippen molar-refractivity contribution in [1.82, 2.24) is 25.5 Å². The van der Waals surface area contributed by atoms with Gasteiger partial charge in [0, 0.05) is 29.1 Å². The largest absolute Gasteiger partial charge is 0.507 e. The second kappa shape index (κ2) is 6.10. The van der Waals surface area contributed by atoms with Gasteiger partial charge in [-0.25, -0.2) is 4.98 Å². The van der Waals surface area contributed by atoms with Crippen LogP contribution in [0, 0.1) is 5.92 Å². The molecule has 0 saturated carbocycles. The molecule has 1 fully saturated rings. The summed E-state index contributed by atoms with van der Waals surface area (Å²) in [6.07, 6.45) is 5.11. The summed E-state index contributed by atoms with van der Waals surface area (Å²) in [7, 11) is 0. The molecule has 1 aliphatic rings. The number of aromatic hydroxyl groups is 1. The molecule has 0 spiro atoms. The van der Waals surface area contributed by atoms with E-state index in [1.807, 2.05) is 12.1 Å². The van der Waals surface area contributed by atoms with Crippen molar-refractivity contribution in [3.63, 3.8) is 0 Å². The first kappa shape index (κ1) is 14.3. The number of phenols is 1. The van der Waals surface area contributed by atoms with E-state index < -0.39 is 0 Å². The number of nitrogens with one attached hydrogen (secondary N) is 1. The predicted octanol–water partition coefficient (Wildman–Crippen LogP) is 2.10. The molecule has 0 aliphatic carbocycles. The highest BCUT2D eigenvalue weighted by molar-refractivity contribution is 7.99. The SMILES string of the molecule is Oc1cc2cnccc2cc1-c1cnc(SCC2CNC2)nn1. The van der Waals surface area contributed by atoms with Crippen LogP contribution >= 0.6 is 11.8 Å². The number of thioether (sulfide) groups is 1. The van der Waals surface area contributed by atoms with E-state index in [1.54, 1.807) is 36.4 Å². The van der Waals surface area contributed by atoms with Crippen molar-refractivity contribution in [3.05, 3.63) is 36.8 Å². The fourth-order valence-electron chi connectivity index (χ4n) is 2.44. The smallest absolute Gasteiger partial charge is 0.209 e. The first-order valence-corrected chi connectivity index (χ1v) is 8.38. The Morgan fingerprint density at radius 2 is 2.09 bits per heavy atom. The summed E-state index contributed by atoms with van der Waals surface area (Å²) in [5.74, 6) is 1.85. The third-order valence-corrected chi connectivity index (χ3v) is 4.97. The lowest BCUT2D eigenvalue weighted by molar-refractivity contribution is 0.385. The lowest BCUT2D eigenvalue weighted by Crippen LogP contribution is -2.43. The Hall–Kier alpha value is -2.25. The Morgan fingerprint density at radius 3 is 2.83 bits per heavy atom. The van der Waals surface area contributed by atoms with Crippen LogP contribution in [0.25, 0.3) is 22.0 Å². The van der Waals surface area contributed by atoms with Crippen molar-refractivity contribution < 1.29 is 5.11 Å². The molecular weight excluding hydrogens is 310 g/mol. The molecule has 6 nitrogen and oxygen atoms in total. The molecule has 1 saturated heterocycles. The second-order valence-corrected chi connectivity index (χ2v) is 6.54. The summed E-state index contributed by atoms with van der Waals surface area (Å²) in [6, 6.07) is 5.46. The third-order valence-electron chi connectivity index (χ3n) is 3.89. The normalized spacial score (nSPS) is 14.8. The van der Waals surface area contributed by atoms with Crippen LogP contribution in [0.2, 0.25) is 0 Å². The monoisotopic (exact) mass is 325 g/mol. The average Bonchev–Trinajstić information content (AvgIpc) is 2.53. The number of nitrogens with zero attached hydrogens (tertiary/aromatic N) is 4. The van der Waals surface area contributed by atoms with Gasteiger partial charge < -0.3 is 10.4 Å². The van der Waals surface area contributed by atoms with Gasteiger partial charge in [-0.15, -0.1) is 10.2 Å². The Bertz CT molecular complexity index is 835. The molecule has 2 N–H and O–H groups in total. The van der Waals surface area contributed by atoms with Crippen LogP contribution in [0.1, 0.15) is 0 Å². The van der Waals surface area contributed by atoms with Crippen molar-refractivity contribution in [3.8, 4) is 17.0 Å². The van der Waals surface area contributed by atoms with E-state index in [0.29, 0.717) is 22.3 Å². The van der Waals surface area contributed by atoms with E-state index >= 15 is 0 Å². The number of pyridine rings is 1. The van der Waals surface area contributed by atoms with Gasteiger partial charge >= 0.3 is 0 Å². The number of hydrogen-bond acceptors (Lipinski definition) is 7. The zero-order valence-corrected chi connectivity index (χ0v) is 13.1. The summed E-state index contributed by atoms with van der Waals surface area (Å²) in [6.45, 7) is 2.14. The van der Waals surface area contributed by atoms with Crippen molar-refractivity contribution in [2.75, 3.05) is 18.8 Å². The van der Waals surface area contributed by atoms with Crippen LogP contribution in [0.3, 0.4) is 0 Å². The van der Waals surface area contributed by atoms with E-state index in [1.165, 1.54) is 0 Å². The van der Waals surface area contributed by atoms with Gasteiger partial charge in [-0.3, -0.25) is 4.98 Å². The number of fused-ring (bicyclic) bond motifs is 1. The summed E-state index contributed by atoms with van der Waals surface area (Å²) in [5, 5.41) is 24.4. The van der Waals surface area contributed by atoms with Crippen molar-refractivity contribution >= 4 is 22.5 Å². The van der Waals surface area contributed by atoms with Crippen LogP contribution < -0.4 is 5.32 Å². The molecule has 0 atom stereocenters. The molecule has 3 heterocycles. The highest BCUT2D eigenvalue weighted by atomic mass is 32.2. The number of phenolic OH excluding ortho intramolecular Hbond substituents is 1. The van der Waals surface area contributed by atoms with E-state index in [9.17, 15) is 5.11 Å². The molecule has 3 aromatic rings. The van der Waals surface area contributed by atoms with Crippen LogP contribution in [0.15, 0.2) is 41.9 Å². The Morgan fingerprint density at radius 1 is 1.17 bits per heavy atom. The predicted molar refractivity (Wildman–Crippen MR) is 89.3 cm³/mol. The minimum atomic E-state index is 0.155.